The summed E-state index contributed by atoms with van der Waals surface area (Å²) in [7, 11) is 0. The summed E-state index contributed by atoms with van der Waals surface area (Å²) in [6.07, 6.45) is 0. The Morgan fingerprint density at radius 3 is 1.81 bits per heavy atom. The van der Waals surface area contributed by atoms with Gasteiger partial charge < -0.3 is 10.8 Å². The van der Waals surface area contributed by atoms with Crippen molar-refractivity contribution in [2.75, 3.05) is 6.54 Å². The van der Waals surface area contributed by atoms with E-state index in [0.29, 0.717) is 6.54 Å². The van der Waals surface area contributed by atoms with Crippen LogP contribution >= 0.6 is 0 Å². The molecule has 0 fully saturated rings. The summed E-state index contributed by atoms with van der Waals surface area (Å²) in [6, 6.07) is 19.3. The lowest BCUT2D eigenvalue weighted by molar-refractivity contribution is -0.131. The average molecular weight is 367 g/mol. The van der Waals surface area contributed by atoms with Crippen LogP contribution in [0.2, 0.25) is 0 Å². The van der Waals surface area contributed by atoms with Gasteiger partial charge in [-0.25, -0.2) is 4.99 Å². The number of carbonyl (C=O) groups is 2. The summed E-state index contributed by atoms with van der Waals surface area (Å²) in [5, 5.41) is 6.89. The van der Waals surface area contributed by atoms with Gasteiger partial charge in [-0.2, -0.15) is 0 Å². The Balaban J connectivity index is 0.000000817. The molecule has 0 saturated heterocycles. The van der Waals surface area contributed by atoms with Crippen molar-refractivity contribution in [3.05, 3.63) is 71.8 Å². The molecule has 0 spiro atoms. The molecule has 0 unspecified atom stereocenters. The van der Waals surface area contributed by atoms with E-state index < -0.39 is 5.54 Å². The number of carboxylic acid groups (broad SMARTS) is 1. The Morgan fingerprint density at radius 1 is 1.04 bits per heavy atom. The van der Waals surface area contributed by atoms with Crippen LogP contribution < -0.4 is 5.73 Å². The van der Waals surface area contributed by atoms with Crippen LogP contribution in [0.5, 0.6) is 0 Å². The maximum absolute atomic E-state index is 13.4. The van der Waals surface area contributed by atoms with E-state index >= 15 is 0 Å². The van der Waals surface area contributed by atoms with E-state index in [2.05, 4.69) is 25.8 Å². The van der Waals surface area contributed by atoms with E-state index in [1.54, 1.807) is 4.90 Å². The van der Waals surface area contributed by atoms with Crippen molar-refractivity contribution in [1.82, 2.24) is 4.90 Å². The molecule has 1 amide bonds. The fourth-order valence-electron chi connectivity index (χ4n) is 3.11. The van der Waals surface area contributed by atoms with E-state index in [1.165, 1.54) is 0 Å². The van der Waals surface area contributed by atoms with Crippen LogP contribution in [-0.2, 0) is 15.1 Å². The van der Waals surface area contributed by atoms with Gasteiger partial charge in [-0.1, -0.05) is 81.4 Å². The van der Waals surface area contributed by atoms with Gasteiger partial charge in [0.2, 0.25) is 0 Å². The van der Waals surface area contributed by atoms with Gasteiger partial charge in [0, 0.05) is 6.54 Å². The number of hydrogen-bond acceptors (Lipinski definition) is 4. The first-order chi connectivity index (χ1) is 12.8. The van der Waals surface area contributed by atoms with Gasteiger partial charge in [-0.05, 0) is 16.5 Å². The lowest BCUT2D eigenvalue weighted by Crippen LogP contribution is -2.46. The smallest absolute Gasteiger partial charge is 0.290 e. The highest BCUT2D eigenvalue weighted by Gasteiger charge is 2.51. The number of benzene rings is 2. The number of rotatable bonds is 3. The van der Waals surface area contributed by atoms with E-state index in [0.717, 1.165) is 11.1 Å². The number of aliphatic imine (C=N–C) groups is 1. The second-order valence-corrected chi connectivity index (χ2v) is 7.47. The monoisotopic (exact) mass is 367 g/mol. The molecular weight excluding hydrogens is 342 g/mol. The molecular formula is C21H25N3O3. The van der Waals surface area contributed by atoms with E-state index in [-0.39, 0.29) is 23.8 Å². The number of nitrogens with zero attached hydrogens (tertiary/aromatic N) is 2. The maximum atomic E-state index is 13.4. The molecule has 1 heterocycles. The minimum absolute atomic E-state index is 0.0702. The fraction of sp³-hybridized carbons (Fsp3) is 0.286. The zero-order valence-electron chi connectivity index (χ0n) is 15.8. The fourth-order valence-corrected chi connectivity index (χ4v) is 3.11. The van der Waals surface area contributed by atoms with Gasteiger partial charge in [-0.3, -0.25) is 14.5 Å². The number of hydrogen-bond donors (Lipinski definition) is 2. The minimum atomic E-state index is -1.10. The van der Waals surface area contributed by atoms with Gasteiger partial charge in [0.15, 0.2) is 11.5 Å². The Kier molecular flexibility index (Phi) is 6.00. The lowest BCUT2D eigenvalue weighted by atomic mass is 9.82. The summed E-state index contributed by atoms with van der Waals surface area (Å²) in [4.78, 5) is 28.1. The first-order valence-electron chi connectivity index (χ1n) is 8.62. The molecule has 0 atom stereocenters. The Morgan fingerprint density at radius 2 is 1.44 bits per heavy atom. The van der Waals surface area contributed by atoms with Gasteiger partial charge >= 0.3 is 0 Å². The largest absolute Gasteiger partial charge is 0.483 e. The third-order valence-corrected chi connectivity index (χ3v) is 4.13. The molecule has 2 aromatic carbocycles. The van der Waals surface area contributed by atoms with E-state index in [9.17, 15) is 4.79 Å². The molecule has 3 rings (SSSR count). The predicted molar refractivity (Wildman–Crippen MR) is 105 cm³/mol. The van der Waals surface area contributed by atoms with Crippen molar-refractivity contribution in [3.8, 4) is 0 Å². The van der Waals surface area contributed by atoms with E-state index in [4.69, 9.17) is 15.6 Å². The van der Waals surface area contributed by atoms with E-state index in [1.807, 2.05) is 60.7 Å². The third kappa shape index (κ3) is 4.16. The van der Waals surface area contributed by atoms with Crippen molar-refractivity contribution in [2.24, 2.45) is 16.1 Å². The van der Waals surface area contributed by atoms with Gasteiger partial charge in [0.25, 0.3) is 12.4 Å². The quantitative estimate of drug-likeness (QED) is 0.815. The van der Waals surface area contributed by atoms with Gasteiger partial charge in [0.1, 0.15) is 0 Å². The highest BCUT2D eigenvalue weighted by atomic mass is 16.3. The summed E-state index contributed by atoms with van der Waals surface area (Å²) in [5.41, 5.74) is 6.68. The molecule has 2 aromatic rings. The summed E-state index contributed by atoms with van der Waals surface area (Å²) >= 11 is 0. The molecule has 27 heavy (non-hydrogen) atoms. The lowest BCUT2D eigenvalue weighted by Gasteiger charge is -2.30. The molecule has 142 valence electrons. The number of guanidine groups is 1. The summed E-state index contributed by atoms with van der Waals surface area (Å²) in [6.45, 7) is 6.53. The zero-order valence-corrected chi connectivity index (χ0v) is 15.8. The minimum Gasteiger partial charge on any atom is -0.483 e. The standard InChI is InChI=1S/C20H23N3O.CH2O2/c1-19(2,3)14-23-17(24)20(22-18(23)21,15-10-6-4-7-11-15)16-12-8-5-9-13-16;2-1-3/h4-13H,14H2,1-3H3,(H2,21,22);1H,(H,2,3). The van der Waals surface area contributed by atoms with Crippen molar-refractivity contribution in [1.29, 1.82) is 0 Å². The van der Waals surface area contributed by atoms with Crippen LogP contribution in [0.25, 0.3) is 0 Å². The first kappa shape index (κ1) is 20.2. The molecule has 3 N–H and O–H groups in total. The van der Waals surface area contributed by atoms with Crippen LogP contribution in [0.15, 0.2) is 65.7 Å². The number of nitrogens with two attached hydrogens (primary N) is 1. The predicted octanol–water partition coefficient (Wildman–Crippen LogP) is 2.83. The Labute approximate surface area is 159 Å². The number of carbonyl (C=O) groups excluding carboxylic acids is 1. The normalized spacial score (nSPS) is 15.6. The number of amides is 1. The van der Waals surface area contributed by atoms with Crippen LogP contribution in [0.4, 0.5) is 0 Å². The Hall–Kier alpha value is -3.15. The molecule has 6 heteroatoms. The topological polar surface area (TPSA) is 96.0 Å². The van der Waals surface area contributed by atoms with Gasteiger partial charge in [0.05, 0.1) is 0 Å². The van der Waals surface area contributed by atoms with Crippen molar-refractivity contribution in [2.45, 2.75) is 26.3 Å². The second-order valence-electron chi connectivity index (χ2n) is 7.47. The van der Waals surface area contributed by atoms with Crippen LogP contribution in [0.1, 0.15) is 31.9 Å². The average Bonchev–Trinajstić information content (AvgIpc) is 2.88. The highest BCUT2D eigenvalue weighted by molar-refractivity contribution is 6.09. The molecule has 1 aliphatic rings. The Bertz CT molecular complexity index is 772. The second kappa shape index (κ2) is 8.03. The van der Waals surface area contributed by atoms with Crippen LogP contribution in [0, 0.1) is 5.41 Å². The highest BCUT2D eigenvalue weighted by Crippen LogP contribution is 2.40. The first-order valence-corrected chi connectivity index (χ1v) is 8.62. The maximum Gasteiger partial charge on any atom is 0.290 e. The molecule has 0 aromatic heterocycles. The molecule has 1 aliphatic heterocycles. The summed E-state index contributed by atoms with van der Waals surface area (Å²) in [5.74, 6) is 0.190. The van der Waals surface area contributed by atoms with Crippen molar-refractivity contribution in [3.63, 3.8) is 0 Å². The van der Waals surface area contributed by atoms with Crippen molar-refractivity contribution >= 4 is 18.3 Å². The molecule has 0 aliphatic carbocycles. The third-order valence-electron chi connectivity index (χ3n) is 4.13. The van der Waals surface area contributed by atoms with Crippen molar-refractivity contribution < 1.29 is 14.7 Å². The van der Waals surface area contributed by atoms with Crippen LogP contribution in [-0.4, -0.2) is 34.9 Å². The summed E-state index contributed by atoms with van der Waals surface area (Å²) < 4.78 is 0. The molecule has 0 radical (unpaired) electrons. The molecule has 0 saturated carbocycles. The molecule has 0 bridgehead atoms. The SMILES string of the molecule is CC(C)(C)CN1C(=O)C(c2ccccc2)(c2ccccc2)N=C1N.O=CO. The molecule has 6 nitrogen and oxygen atoms in total. The van der Waals surface area contributed by atoms with Gasteiger partial charge in [-0.15, -0.1) is 0 Å². The van der Waals surface area contributed by atoms with Crippen LogP contribution in [0.3, 0.4) is 0 Å². The zero-order chi connectivity index (χ0) is 20.1.